The first kappa shape index (κ1) is 21.0. The topological polar surface area (TPSA) is 89.3 Å². The van der Waals surface area contributed by atoms with Gasteiger partial charge in [0.1, 0.15) is 5.56 Å². The molecule has 2 rings (SSSR count). The van der Waals surface area contributed by atoms with Crippen molar-refractivity contribution >= 4 is 17.4 Å². The Balaban J connectivity index is 2.10. The van der Waals surface area contributed by atoms with Gasteiger partial charge in [-0.25, -0.2) is 8.78 Å². The van der Waals surface area contributed by atoms with Gasteiger partial charge in [-0.15, -0.1) is 0 Å². The number of amides is 1. The normalized spacial score (nSPS) is 20.4. The molecule has 0 bridgehead atoms. The van der Waals surface area contributed by atoms with E-state index >= 15 is 0 Å². The molecule has 1 heterocycles. The van der Waals surface area contributed by atoms with E-state index in [1.54, 1.807) is 0 Å². The van der Waals surface area contributed by atoms with Crippen LogP contribution in [0.25, 0.3) is 0 Å². The zero-order chi connectivity index (χ0) is 20.2. The van der Waals surface area contributed by atoms with E-state index < -0.39 is 37.1 Å². The number of hydrogen-bond acceptors (Lipinski definition) is 5. The van der Waals surface area contributed by atoms with Crippen LogP contribution in [0.15, 0.2) is 6.07 Å². The maximum atomic E-state index is 12.7. The highest BCUT2D eigenvalue weighted by Crippen LogP contribution is 2.37. The third-order valence-corrected chi connectivity index (χ3v) is 4.37. The first-order valence-electron chi connectivity index (χ1n) is 8.38. The van der Waals surface area contributed by atoms with Crippen molar-refractivity contribution in [2.75, 3.05) is 24.7 Å². The van der Waals surface area contributed by atoms with Crippen molar-refractivity contribution < 1.29 is 31.5 Å². The molecule has 1 aliphatic carbocycles. The molecule has 0 aromatic carbocycles. The van der Waals surface area contributed by atoms with Crippen molar-refractivity contribution in [3.8, 4) is 5.88 Å². The van der Waals surface area contributed by atoms with Crippen molar-refractivity contribution in [1.82, 2.24) is 10.3 Å². The predicted molar refractivity (Wildman–Crippen MR) is 89.0 cm³/mol. The summed E-state index contributed by atoms with van der Waals surface area (Å²) in [5, 5.41) is 5.26. The van der Waals surface area contributed by atoms with Gasteiger partial charge in [-0.05, 0) is 31.7 Å². The lowest BCUT2D eigenvalue weighted by molar-refractivity contribution is -0.182. The van der Waals surface area contributed by atoms with Gasteiger partial charge >= 0.3 is 6.18 Å². The molecule has 1 aromatic heterocycles. The van der Waals surface area contributed by atoms with Crippen LogP contribution in [-0.2, 0) is 0 Å². The molecular formula is C16H21F5N4O2. The smallest absolute Gasteiger partial charge is 0.391 e. The molecule has 0 aliphatic heterocycles. The molecule has 1 amide bonds. The summed E-state index contributed by atoms with van der Waals surface area (Å²) in [7, 11) is 1.51. The van der Waals surface area contributed by atoms with E-state index in [0.29, 0.717) is 0 Å². The van der Waals surface area contributed by atoms with E-state index in [-0.39, 0.29) is 48.6 Å². The largest absolute Gasteiger partial charge is 0.471 e. The number of hydrogen-bond donors (Lipinski definition) is 3. The summed E-state index contributed by atoms with van der Waals surface area (Å²) in [6.07, 6.45) is -6.84. The molecule has 0 saturated heterocycles. The van der Waals surface area contributed by atoms with E-state index in [9.17, 15) is 26.7 Å². The molecule has 0 atom stereocenters. The molecule has 1 aromatic rings. The Morgan fingerprint density at radius 1 is 1.33 bits per heavy atom. The fourth-order valence-corrected chi connectivity index (χ4v) is 2.96. The number of nitrogens with zero attached hydrogens (tertiary/aromatic N) is 1. The van der Waals surface area contributed by atoms with Crippen molar-refractivity contribution in [2.24, 2.45) is 5.92 Å². The van der Waals surface area contributed by atoms with E-state index in [0.717, 1.165) is 0 Å². The number of carbonyl (C=O) groups excluding carboxylic acids is 1. The van der Waals surface area contributed by atoms with Gasteiger partial charge in [0.15, 0.2) is 12.4 Å². The van der Waals surface area contributed by atoms with Gasteiger partial charge in [0.2, 0.25) is 5.88 Å². The molecular weight excluding hydrogens is 375 g/mol. The first-order chi connectivity index (χ1) is 12.6. The van der Waals surface area contributed by atoms with Crippen molar-refractivity contribution in [1.29, 1.82) is 0 Å². The number of anilines is 2. The zero-order valence-corrected chi connectivity index (χ0v) is 14.6. The highest BCUT2D eigenvalue weighted by atomic mass is 19.4. The van der Waals surface area contributed by atoms with Crippen LogP contribution in [0.3, 0.4) is 0 Å². The Morgan fingerprint density at radius 2 is 1.96 bits per heavy atom. The minimum absolute atomic E-state index is 0.0811. The lowest BCUT2D eigenvalue weighted by Crippen LogP contribution is -2.40. The molecule has 0 radical (unpaired) electrons. The second-order valence-corrected chi connectivity index (χ2v) is 6.29. The minimum atomic E-state index is -4.24. The monoisotopic (exact) mass is 396 g/mol. The summed E-state index contributed by atoms with van der Waals surface area (Å²) in [4.78, 5) is 16.4. The molecule has 27 heavy (non-hydrogen) atoms. The number of pyridine rings is 1. The van der Waals surface area contributed by atoms with Gasteiger partial charge < -0.3 is 21.1 Å². The van der Waals surface area contributed by atoms with Crippen LogP contribution in [0.5, 0.6) is 5.88 Å². The van der Waals surface area contributed by atoms with E-state index in [1.165, 1.54) is 13.1 Å². The number of nitrogen functional groups attached to an aromatic ring is 1. The standard InChI is InChI=1S/C16H21F5N4O2/c1-23-13-11(22)6-10(15(25-13)27-7-12(17)18)14(26)24-9-4-2-8(3-5-9)16(19,20)21/h6,8-9,12H,2-5,7,22H2,1H3,(H,23,25)(H,24,26). The molecule has 1 fully saturated rings. The maximum Gasteiger partial charge on any atom is 0.391 e. The molecule has 0 spiro atoms. The summed E-state index contributed by atoms with van der Waals surface area (Å²) < 4.78 is 67.9. The summed E-state index contributed by atoms with van der Waals surface area (Å²) in [6.45, 7) is -0.961. The molecule has 6 nitrogen and oxygen atoms in total. The second kappa shape index (κ2) is 8.57. The Labute approximate surface area is 152 Å². The average molecular weight is 396 g/mol. The maximum absolute atomic E-state index is 12.7. The summed E-state index contributed by atoms with van der Waals surface area (Å²) in [6, 6.07) is 0.778. The quantitative estimate of drug-likeness (QED) is 0.643. The van der Waals surface area contributed by atoms with Crippen LogP contribution in [-0.4, -0.2) is 43.2 Å². The van der Waals surface area contributed by atoms with Crippen LogP contribution in [0.4, 0.5) is 33.5 Å². The van der Waals surface area contributed by atoms with Gasteiger partial charge in [-0.2, -0.15) is 18.2 Å². The Kier molecular flexibility index (Phi) is 6.66. The SMILES string of the molecule is CNc1nc(OCC(F)F)c(C(=O)NC2CCC(C(F)(F)F)CC2)cc1N. The highest BCUT2D eigenvalue weighted by Gasteiger charge is 2.41. The van der Waals surface area contributed by atoms with E-state index in [4.69, 9.17) is 10.5 Å². The molecule has 1 saturated carbocycles. The van der Waals surface area contributed by atoms with Gasteiger partial charge in [-0.1, -0.05) is 0 Å². The van der Waals surface area contributed by atoms with Gasteiger partial charge in [0.25, 0.3) is 12.3 Å². The Bertz CT molecular complexity index is 661. The third kappa shape index (κ3) is 5.57. The minimum Gasteiger partial charge on any atom is -0.471 e. The number of nitrogens with two attached hydrogens (primary N) is 1. The van der Waals surface area contributed by atoms with Crippen molar-refractivity contribution in [3.63, 3.8) is 0 Å². The van der Waals surface area contributed by atoms with E-state index in [2.05, 4.69) is 15.6 Å². The molecule has 0 unspecified atom stereocenters. The number of rotatable bonds is 6. The summed E-state index contributed by atoms with van der Waals surface area (Å²) in [5.41, 5.74) is 5.72. The number of nitrogens with one attached hydrogen (secondary N) is 2. The lowest BCUT2D eigenvalue weighted by Gasteiger charge is -2.30. The van der Waals surface area contributed by atoms with Crippen LogP contribution < -0.4 is 21.1 Å². The predicted octanol–water partition coefficient (Wildman–Crippen LogP) is 3.20. The highest BCUT2D eigenvalue weighted by molar-refractivity contribution is 5.98. The van der Waals surface area contributed by atoms with E-state index in [1.807, 2.05) is 0 Å². The van der Waals surface area contributed by atoms with Crippen LogP contribution in [0.1, 0.15) is 36.0 Å². The molecule has 4 N–H and O–H groups in total. The van der Waals surface area contributed by atoms with Crippen LogP contribution >= 0.6 is 0 Å². The van der Waals surface area contributed by atoms with Crippen LogP contribution in [0, 0.1) is 5.92 Å². The summed E-state index contributed by atoms with van der Waals surface area (Å²) in [5.74, 6) is -2.23. The number of carbonyl (C=O) groups is 1. The Morgan fingerprint density at radius 3 is 2.48 bits per heavy atom. The fourth-order valence-electron chi connectivity index (χ4n) is 2.96. The van der Waals surface area contributed by atoms with Gasteiger partial charge in [0.05, 0.1) is 11.6 Å². The lowest BCUT2D eigenvalue weighted by atomic mass is 9.85. The summed E-state index contributed by atoms with van der Waals surface area (Å²) >= 11 is 0. The molecule has 11 heteroatoms. The van der Waals surface area contributed by atoms with Crippen molar-refractivity contribution in [3.05, 3.63) is 11.6 Å². The number of ether oxygens (including phenoxy) is 1. The number of aromatic nitrogens is 1. The van der Waals surface area contributed by atoms with Gasteiger partial charge in [-0.3, -0.25) is 4.79 Å². The van der Waals surface area contributed by atoms with Gasteiger partial charge in [0, 0.05) is 13.1 Å². The zero-order valence-electron chi connectivity index (χ0n) is 14.6. The fraction of sp³-hybridized carbons (Fsp3) is 0.625. The third-order valence-electron chi connectivity index (χ3n) is 4.37. The number of halogens is 5. The Hall–Kier alpha value is -2.33. The first-order valence-corrected chi connectivity index (χ1v) is 8.38. The average Bonchev–Trinajstić information content (AvgIpc) is 2.59. The molecule has 1 aliphatic rings. The van der Waals surface area contributed by atoms with Crippen molar-refractivity contribution in [2.45, 2.75) is 44.3 Å². The second-order valence-electron chi connectivity index (χ2n) is 6.29. The number of alkyl halides is 5. The molecule has 152 valence electrons. The van der Waals surface area contributed by atoms with Crippen LogP contribution in [0.2, 0.25) is 0 Å².